The number of halogens is 1. The van der Waals surface area contributed by atoms with E-state index in [0.717, 1.165) is 30.3 Å². The fourth-order valence-electron chi connectivity index (χ4n) is 3.35. The van der Waals surface area contributed by atoms with Crippen LogP contribution in [0.2, 0.25) is 0 Å². The topological polar surface area (TPSA) is 35.2 Å². The summed E-state index contributed by atoms with van der Waals surface area (Å²) >= 11 is 3.63. The van der Waals surface area contributed by atoms with Crippen LogP contribution < -0.4 is 5.73 Å². The van der Waals surface area contributed by atoms with Gasteiger partial charge in [-0.3, -0.25) is 0 Å². The largest absolute Gasteiger partial charge is 0.374 e. The maximum absolute atomic E-state index is 6.61. The van der Waals surface area contributed by atoms with Crippen LogP contribution in [0.1, 0.15) is 52.0 Å². The molecule has 3 heteroatoms. The first kappa shape index (κ1) is 17.0. The smallest absolute Gasteiger partial charge is 0.0836 e. The number of benzene rings is 1. The van der Waals surface area contributed by atoms with E-state index in [0.29, 0.717) is 5.41 Å². The van der Waals surface area contributed by atoms with Gasteiger partial charge in [-0.1, -0.05) is 48.0 Å². The van der Waals surface area contributed by atoms with Gasteiger partial charge in [-0.25, -0.2) is 0 Å². The van der Waals surface area contributed by atoms with Crippen molar-refractivity contribution in [1.29, 1.82) is 0 Å². The molecule has 118 valence electrons. The second-order valence-electron chi connectivity index (χ2n) is 7.06. The summed E-state index contributed by atoms with van der Waals surface area (Å²) in [4.78, 5) is 0. The normalized spacial score (nSPS) is 22.0. The Morgan fingerprint density at radius 1 is 1.19 bits per heavy atom. The van der Waals surface area contributed by atoms with Gasteiger partial charge in [-0.2, -0.15) is 0 Å². The molecule has 2 nitrogen and oxygen atoms in total. The van der Waals surface area contributed by atoms with Crippen LogP contribution in [0.5, 0.6) is 0 Å². The van der Waals surface area contributed by atoms with E-state index in [9.17, 15) is 0 Å². The molecule has 1 aromatic carbocycles. The van der Waals surface area contributed by atoms with Gasteiger partial charge in [0.2, 0.25) is 0 Å². The third kappa shape index (κ3) is 4.08. The lowest BCUT2D eigenvalue weighted by Crippen LogP contribution is -2.54. The molecule has 0 aromatic heterocycles. The van der Waals surface area contributed by atoms with E-state index < -0.39 is 0 Å². The molecule has 1 atom stereocenters. The second kappa shape index (κ2) is 6.80. The number of hydrogen-bond acceptors (Lipinski definition) is 2. The molecular formula is C18H28BrNO. The van der Waals surface area contributed by atoms with E-state index in [4.69, 9.17) is 10.5 Å². The SMILES string of the molecule is CCOC1(C(N)Cc2ccccc2Br)CCC(C)(C)CC1. The van der Waals surface area contributed by atoms with Gasteiger partial charge in [-0.05, 0) is 56.1 Å². The molecular weight excluding hydrogens is 326 g/mol. The Morgan fingerprint density at radius 2 is 1.81 bits per heavy atom. The molecule has 2 N–H and O–H groups in total. The quantitative estimate of drug-likeness (QED) is 0.832. The van der Waals surface area contributed by atoms with Gasteiger partial charge in [0.15, 0.2) is 0 Å². The Morgan fingerprint density at radius 3 is 2.38 bits per heavy atom. The Balaban J connectivity index is 2.13. The van der Waals surface area contributed by atoms with Crippen molar-refractivity contribution in [2.24, 2.45) is 11.1 Å². The minimum absolute atomic E-state index is 0.0484. The van der Waals surface area contributed by atoms with Crippen molar-refractivity contribution in [1.82, 2.24) is 0 Å². The summed E-state index contributed by atoms with van der Waals surface area (Å²) in [5, 5.41) is 0. The lowest BCUT2D eigenvalue weighted by atomic mass is 9.68. The summed E-state index contributed by atoms with van der Waals surface area (Å²) in [7, 11) is 0. The average molecular weight is 354 g/mol. The third-order valence-corrected chi connectivity index (χ3v) is 5.73. The number of hydrogen-bond donors (Lipinski definition) is 1. The second-order valence-corrected chi connectivity index (χ2v) is 7.92. The predicted molar refractivity (Wildman–Crippen MR) is 92.4 cm³/mol. The van der Waals surface area contributed by atoms with E-state index in [1.165, 1.54) is 18.4 Å². The van der Waals surface area contributed by atoms with Crippen LogP contribution in [0.4, 0.5) is 0 Å². The lowest BCUT2D eigenvalue weighted by molar-refractivity contribution is -0.0987. The predicted octanol–water partition coefficient (Wildman–Crippen LogP) is 4.69. The van der Waals surface area contributed by atoms with E-state index in [1.807, 2.05) is 6.07 Å². The van der Waals surface area contributed by atoms with E-state index >= 15 is 0 Å². The Kier molecular flexibility index (Phi) is 5.50. The van der Waals surface area contributed by atoms with Crippen molar-refractivity contribution in [3.8, 4) is 0 Å². The van der Waals surface area contributed by atoms with Gasteiger partial charge < -0.3 is 10.5 Å². The Hall–Kier alpha value is -0.380. The maximum atomic E-state index is 6.61. The fraction of sp³-hybridized carbons (Fsp3) is 0.667. The number of ether oxygens (including phenoxy) is 1. The first-order chi connectivity index (χ1) is 9.88. The van der Waals surface area contributed by atoms with Crippen molar-refractivity contribution in [3.63, 3.8) is 0 Å². The first-order valence-electron chi connectivity index (χ1n) is 8.01. The highest BCUT2D eigenvalue weighted by Crippen LogP contribution is 2.44. The minimum Gasteiger partial charge on any atom is -0.374 e. The third-order valence-electron chi connectivity index (χ3n) is 4.96. The standard InChI is InChI=1S/C18H28BrNO/c1-4-21-18(11-9-17(2,3)10-12-18)16(20)13-14-7-5-6-8-15(14)19/h5-8,16H,4,9-13,20H2,1-3H3. The molecule has 0 amide bonds. The molecule has 1 aliphatic rings. The van der Waals surface area contributed by atoms with Crippen molar-refractivity contribution < 1.29 is 4.74 Å². The summed E-state index contributed by atoms with van der Waals surface area (Å²) < 4.78 is 7.34. The summed E-state index contributed by atoms with van der Waals surface area (Å²) in [6, 6.07) is 8.40. The molecule has 2 rings (SSSR count). The van der Waals surface area contributed by atoms with E-state index in [-0.39, 0.29) is 11.6 Å². The highest BCUT2D eigenvalue weighted by Gasteiger charge is 2.43. The zero-order valence-corrected chi connectivity index (χ0v) is 15.1. The summed E-state index contributed by atoms with van der Waals surface area (Å²) in [5.74, 6) is 0. The molecule has 0 heterocycles. The minimum atomic E-state index is -0.153. The summed E-state index contributed by atoms with van der Waals surface area (Å²) in [5.41, 5.74) is 8.16. The zero-order valence-electron chi connectivity index (χ0n) is 13.5. The van der Waals surface area contributed by atoms with Crippen LogP contribution in [-0.4, -0.2) is 18.2 Å². The first-order valence-corrected chi connectivity index (χ1v) is 8.81. The van der Waals surface area contributed by atoms with Crippen LogP contribution in [0, 0.1) is 5.41 Å². The highest BCUT2D eigenvalue weighted by molar-refractivity contribution is 9.10. The highest BCUT2D eigenvalue weighted by atomic mass is 79.9. The molecule has 21 heavy (non-hydrogen) atoms. The molecule has 1 aliphatic carbocycles. The lowest BCUT2D eigenvalue weighted by Gasteiger charge is -2.46. The Labute approximate surface area is 137 Å². The van der Waals surface area contributed by atoms with Gasteiger partial charge >= 0.3 is 0 Å². The summed E-state index contributed by atoms with van der Waals surface area (Å²) in [6.45, 7) is 7.51. The average Bonchev–Trinajstić information content (AvgIpc) is 2.44. The number of rotatable bonds is 5. The van der Waals surface area contributed by atoms with E-state index in [1.54, 1.807) is 0 Å². The summed E-state index contributed by atoms with van der Waals surface area (Å²) in [6.07, 6.45) is 5.38. The van der Waals surface area contributed by atoms with Crippen LogP contribution in [0.25, 0.3) is 0 Å². The maximum Gasteiger partial charge on any atom is 0.0836 e. The molecule has 0 bridgehead atoms. The molecule has 1 unspecified atom stereocenters. The molecule has 0 saturated heterocycles. The van der Waals surface area contributed by atoms with Crippen LogP contribution >= 0.6 is 15.9 Å². The van der Waals surface area contributed by atoms with Crippen molar-refractivity contribution in [3.05, 3.63) is 34.3 Å². The van der Waals surface area contributed by atoms with Gasteiger partial charge in [0.25, 0.3) is 0 Å². The van der Waals surface area contributed by atoms with Gasteiger partial charge in [0.1, 0.15) is 0 Å². The van der Waals surface area contributed by atoms with Crippen LogP contribution in [0.15, 0.2) is 28.7 Å². The molecule has 0 spiro atoms. The van der Waals surface area contributed by atoms with Gasteiger partial charge in [0, 0.05) is 17.1 Å². The molecule has 1 saturated carbocycles. The van der Waals surface area contributed by atoms with Crippen molar-refractivity contribution in [2.45, 2.75) is 64.5 Å². The molecule has 1 fully saturated rings. The molecule has 0 aliphatic heterocycles. The monoisotopic (exact) mass is 353 g/mol. The van der Waals surface area contributed by atoms with E-state index in [2.05, 4.69) is 54.9 Å². The Bertz CT molecular complexity index is 462. The van der Waals surface area contributed by atoms with Crippen LogP contribution in [-0.2, 0) is 11.2 Å². The zero-order chi connectivity index (χ0) is 15.5. The van der Waals surface area contributed by atoms with Crippen molar-refractivity contribution in [2.75, 3.05) is 6.61 Å². The van der Waals surface area contributed by atoms with Crippen molar-refractivity contribution >= 4 is 15.9 Å². The van der Waals surface area contributed by atoms with Crippen LogP contribution in [0.3, 0.4) is 0 Å². The molecule has 0 radical (unpaired) electrons. The van der Waals surface area contributed by atoms with Gasteiger partial charge in [0.05, 0.1) is 5.60 Å². The van der Waals surface area contributed by atoms with Gasteiger partial charge in [-0.15, -0.1) is 0 Å². The molecule has 1 aromatic rings. The number of nitrogens with two attached hydrogens (primary N) is 1. The fourth-order valence-corrected chi connectivity index (χ4v) is 3.79.